The van der Waals surface area contributed by atoms with E-state index in [4.69, 9.17) is 4.84 Å². The summed E-state index contributed by atoms with van der Waals surface area (Å²) in [6.07, 6.45) is 0. The predicted molar refractivity (Wildman–Crippen MR) is 49.3 cm³/mol. The van der Waals surface area contributed by atoms with Crippen LogP contribution in [0.3, 0.4) is 0 Å². The van der Waals surface area contributed by atoms with Gasteiger partial charge in [0, 0.05) is 5.69 Å². The molecule has 1 aromatic rings. The van der Waals surface area contributed by atoms with Gasteiger partial charge in [0.25, 0.3) is 0 Å². The first-order valence-corrected chi connectivity index (χ1v) is 4.13. The highest BCUT2D eigenvalue weighted by atomic mass is 16.7. The summed E-state index contributed by atoms with van der Waals surface area (Å²) in [5.41, 5.74) is 5.73. The van der Waals surface area contributed by atoms with E-state index < -0.39 is 0 Å². The van der Waals surface area contributed by atoms with Crippen molar-refractivity contribution >= 4 is 5.84 Å². The number of aryl methyl sites for hydroxylation is 2. The number of aliphatic imine (C=N–C) groups is 1. The van der Waals surface area contributed by atoms with Crippen molar-refractivity contribution in [1.82, 2.24) is 10.5 Å². The molecule has 0 atom stereocenters. The van der Waals surface area contributed by atoms with Gasteiger partial charge in [0.1, 0.15) is 5.69 Å². The fraction of sp³-hybridized carbons (Fsp3) is 0.333. The van der Waals surface area contributed by atoms with Crippen LogP contribution in [0.15, 0.2) is 17.1 Å². The third-order valence-electron chi connectivity index (χ3n) is 1.80. The molecule has 0 bridgehead atoms. The van der Waals surface area contributed by atoms with E-state index >= 15 is 0 Å². The molecule has 0 amide bonds. The topological polar surface area (TPSA) is 46.5 Å². The van der Waals surface area contributed by atoms with Crippen molar-refractivity contribution < 1.29 is 4.84 Å². The zero-order chi connectivity index (χ0) is 9.26. The van der Waals surface area contributed by atoms with E-state index in [1.54, 1.807) is 0 Å². The van der Waals surface area contributed by atoms with Gasteiger partial charge in [-0.3, -0.25) is 4.84 Å². The second kappa shape index (κ2) is 3.14. The first-order valence-electron chi connectivity index (χ1n) is 4.13. The van der Waals surface area contributed by atoms with Crippen LogP contribution >= 0.6 is 0 Å². The van der Waals surface area contributed by atoms with Crippen LogP contribution in [0.4, 0.5) is 0 Å². The number of rotatable bonds is 1. The highest BCUT2D eigenvalue weighted by Gasteiger charge is 2.10. The Morgan fingerprint density at radius 2 is 2.23 bits per heavy atom. The van der Waals surface area contributed by atoms with Crippen LogP contribution < -0.4 is 5.48 Å². The lowest BCUT2D eigenvalue weighted by atomic mass is 10.2. The summed E-state index contributed by atoms with van der Waals surface area (Å²) >= 11 is 0. The van der Waals surface area contributed by atoms with Crippen molar-refractivity contribution in [3.63, 3.8) is 0 Å². The summed E-state index contributed by atoms with van der Waals surface area (Å²) in [4.78, 5) is 13.3. The zero-order valence-corrected chi connectivity index (χ0v) is 7.66. The van der Waals surface area contributed by atoms with Crippen LogP contribution in [0.25, 0.3) is 0 Å². The van der Waals surface area contributed by atoms with Crippen LogP contribution in [-0.4, -0.2) is 17.6 Å². The van der Waals surface area contributed by atoms with E-state index in [0.717, 1.165) is 11.4 Å². The van der Waals surface area contributed by atoms with Crippen LogP contribution in [0.2, 0.25) is 0 Å². The number of pyridine rings is 1. The first-order chi connectivity index (χ1) is 6.25. The average Bonchev–Trinajstić information content (AvgIpc) is 2.53. The Kier molecular flexibility index (Phi) is 1.98. The van der Waals surface area contributed by atoms with Crippen LogP contribution in [0.1, 0.15) is 17.0 Å². The standard InChI is InChI=1S/C9H11N3O/c1-6-3-7(2)11-8(4-6)9-10-5-13-12-9/h3-4H,5H2,1-2H3,(H,10,12). The lowest BCUT2D eigenvalue weighted by Gasteiger charge is -2.02. The maximum absolute atomic E-state index is 4.90. The molecular formula is C9H11N3O. The molecule has 0 aromatic carbocycles. The van der Waals surface area contributed by atoms with E-state index in [1.165, 1.54) is 5.56 Å². The lowest BCUT2D eigenvalue weighted by molar-refractivity contribution is 0.115. The molecule has 2 rings (SSSR count). The van der Waals surface area contributed by atoms with Crippen LogP contribution in [-0.2, 0) is 4.84 Å². The molecule has 0 radical (unpaired) electrons. The molecule has 0 saturated carbocycles. The highest BCUT2D eigenvalue weighted by molar-refractivity contribution is 5.97. The van der Waals surface area contributed by atoms with Crippen molar-refractivity contribution in [2.24, 2.45) is 4.99 Å². The molecule has 4 nitrogen and oxygen atoms in total. The van der Waals surface area contributed by atoms with Gasteiger partial charge >= 0.3 is 0 Å². The molecule has 1 aromatic heterocycles. The number of hydrogen-bond acceptors (Lipinski definition) is 4. The minimum absolute atomic E-state index is 0.365. The van der Waals surface area contributed by atoms with Crippen LogP contribution in [0.5, 0.6) is 0 Å². The fourth-order valence-corrected chi connectivity index (χ4v) is 1.33. The van der Waals surface area contributed by atoms with Crippen molar-refractivity contribution in [2.45, 2.75) is 13.8 Å². The van der Waals surface area contributed by atoms with Gasteiger partial charge < -0.3 is 0 Å². The van der Waals surface area contributed by atoms with Gasteiger partial charge in [-0.05, 0) is 31.5 Å². The molecule has 13 heavy (non-hydrogen) atoms. The van der Waals surface area contributed by atoms with Gasteiger partial charge in [-0.25, -0.2) is 15.5 Å². The molecule has 1 aliphatic rings. The Morgan fingerprint density at radius 3 is 2.85 bits per heavy atom. The van der Waals surface area contributed by atoms with Crippen molar-refractivity contribution in [2.75, 3.05) is 6.73 Å². The molecule has 0 fully saturated rings. The molecule has 2 heterocycles. The van der Waals surface area contributed by atoms with Gasteiger partial charge in [-0.15, -0.1) is 0 Å². The number of hydroxylamine groups is 1. The summed E-state index contributed by atoms with van der Waals surface area (Å²) in [6.45, 7) is 4.37. The SMILES string of the molecule is Cc1cc(C)nc(C2=NCON2)c1. The Bertz CT molecular complexity index is 340. The molecule has 1 N–H and O–H groups in total. The minimum Gasteiger partial charge on any atom is -0.251 e. The Balaban J connectivity index is 2.39. The first kappa shape index (κ1) is 8.19. The van der Waals surface area contributed by atoms with Gasteiger partial charge in [-0.1, -0.05) is 0 Å². The third-order valence-corrected chi connectivity index (χ3v) is 1.80. The molecule has 1 aliphatic heterocycles. The van der Waals surface area contributed by atoms with E-state index in [1.807, 2.05) is 26.0 Å². The summed E-state index contributed by atoms with van der Waals surface area (Å²) in [6, 6.07) is 4.01. The molecule has 0 spiro atoms. The van der Waals surface area contributed by atoms with Crippen molar-refractivity contribution in [3.05, 3.63) is 29.1 Å². The molecule has 68 valence electrons. The lowest BCUT2D eigenvalue weighted by Crippen LogP contribution is -2.19. The predicted octanol–water partition coefficient (Wildman–Crippen LogP) is 0.937. The smallest absolute Gasteiger partial charge is 0.173 e. The highest BCUT2D eigenvalue weighted by Crippen LogP contribution is 2.06. The molecule has 0 aliphatic carbocycles. The molecule has 0 saturated heterocycles. The Labute approximate surface area is 76.6 Å². The number of nitrogens with zero attached hydrogens (tertiary/aromatic N) is 2. The third kappa shape index (κ3) is 1.67. The number of hydrogen-bond donors (Lipinski definition) is 1. The fourth-order valence-electron chi connectivity index (χ4n) is 1.33. The number of amidine groups is 1. The van der Waals surface area contributed by atoms with E-state index in [-0.39, 0.29) is 0 Å². The maximum Gasteiger partial charge on any atom is 0.173 e. The average molecular weight is 177 g/mol. The molecular weight excluding hydrogens is 166 g/mol. The second-order valence-electron chi connectivity index (χ2n) is 3.05. The van der Waals surface area contributed by atoms with Gasteiger partial charge in [0.15, 0.2) is 12.6 Å². The Morgan fingerprint density at radius 1 is 1.38 bits per heavy atom. The van der Waals surface area contributed by atoms with E-state index in [0.29, 0.717) is 12.6 Å². The number of nitrogens with one attached hydrogen (secondary N) is 1. The quantitative estimate of drug-likeness (QED) is 0.694. The largest absolute Gasteiger partial charge is 0.251 e. The van der Waals surface area contributed by atoms with Crippen molar-refractivity contribution in [3.8, 4) is 0 Å². The van der Waals surface area contributed by atoms with Crippen LogP contribution in [0, 0.1) is 13.8 Å². The molecule has 0 unspecified atom stereocenters. The Hall–Kier alpha value is -1.42. The molecule has 4 heteroatoms. The summed E-state index contributed by atoms with van der Waals surface area (Å²) in [5, 5.41) is 0. The maximum atomic E-state index is 4.90. The summed E-state index contributed by atoms with van der Waals surface area (Å²) < 4.78 is 0. The zero-order valence-electron chi connectivity index (χ0n) is 7.66. The monoisotopic (exact) mass is 177 g/mol. The normalized spacial score (nSPS) is 15.4. The minimum atomic E-state index is 0.365. The van der Waals surface area contributed by atoms with Gasteiger partial charge in [0.2, 0.25) is 0 Å². The van der Waals surface area contributed by atoms with Crippen molar-refractivity contribution in [1.29, 1.82) is 0 Å². The summed E-state index contributed by atoms with van der Waals surface area (Å²) in [5.74, 6) is 0.715. The van der Waals surface area contributed by atoms with E-state index in [2.05, 4.69) is 15.5 Å². The van der Waals surface area contributed by atoms with Gasteiger partial charge in [-0.2, -0.15) is 0 Å². The number of aromatic nitrogens is 1. The van der Waals surface area contributed by atoms with Gasteiger partial charge in [0.05, 0.1) is 0 Å². The second-order valence-corrected chi connectivity index (χ2v) is 3.05. The van der Waals surface area contributed by atoms with E-state index in [9.17, 15) is 0 Å². The summed E-state index contributed by atoms with van der Waals surface area (Å²) in [7, 11) is 0.